The van der Waals surface area contributed by atoms with Crippen molar-refractivity contribution in [2.45, 2.75) is 33.6 Å². The zero-order valence-corrected chi connectivity index (χ0v) is 16.2. The summed E-state index contributed by atoms with van der Waals surface area (Å²) in [7, 11) is 4.87. The van der Waals surface area contributed by atoms with Crippen molar-refractivity contribution >= 4 is 0 Å². The minimum absolute atomic E-state index is 0.735. The van der Waals surface area contributed by atoms with Crippen LogP contribution in [0.25, 0.3) is 0 Å². The summed E-state index contributed by atoms with van der Waals surface area (Å²) in [5, 5.41) is 0. The van der Waals surface area contributed by atoms with Gasteiger partial charge in [0.2, 0.25) is 0 Å². The average molecular weight is 346 g/mol. The van der Waals surface area contributed by atoms with E-state index in [2.05, 4.69) is 26.0 Å². The van der Waals surface area contributed by atoms with Crippen LogP contribution >= 0.6 is 0 Å². The van der Waals surface area contributed by atoms with Gasteiger partial charge in [-0.15, -0.1) is 0 Å². The van der Waals surface area contributed by atoms with E-state index in [1.165, 1.54) is 12.0 Å². The largest absolute Gasteiger partial charge is 0.496 e. The summed E-state index contributed by atoms with van der Waals surface area (Å²) in [5.74, 6) is 3.26. The smallest absolute Gasteiger partial charge is 0.129 e. The Kier molecular flexibility index (Phi) is 9.30. The van der Waals surface area contributed by atoms with E-state index in [1.54, 1.807) is 21.3 Å². The first kappa shape index (κ1) is 20.7. The molecule has 0 amide bonds. The van der Waals surface area contributed by atoms with Gasteiger partial charge in [-0.1, -0.05) is 31.0 Å². The zero-order chi connectivity index (χ0) is 18.7. The van der Waals surface area contributed by atoms with Gasteiger partial charge in [0.25, 0.3) is 0 Å². The molecule has 0 aromatic heterocycles. The van der Waals surface area contributed by atoms with E-state index in [0.29, 0.717) is 0 Å². The molecule has 2 aromatic carbocycles. The van der Waals surface area contributed by atoms with E-state index in [9.17, 15) is 0 Å². The van der Waals surface area contributed by atoms with E-state index in [0.717, 1.165) is 41.6 Å². The van der Waals surface area contributed by atoms with Gasteiger partial charge in [-0.25, -0.2) is 0 Å². The molecule has 0 radical (unpaired) electrons. The molecule has 25 heavy (non-hydrogen) atoms. The summed E-state index contributed by atoms with van der Waals surface area (Å²) in [6.45, 7) is 7.02. The van der Waals surface area contributed by atoms with Gasteiger partial charge in [-0.2, -0.15) is 0 Å². The molecule has 0 N–H and O–H groups in total. The molecule has 0 saturated heterocycles. The first-order chi connectivity index (χ1) is 12.0. The lowest BCUT2D eigenvalue weighted by Crippen LogP contribution is -1.95. The Morgan fingerprint density at radius 3 is 1.76 bits per heavy atom. The topological polar surface area (TPSA) is 36.9 Å². The maximum atomic E-state index is 5.50. The van der Waals surface area contributed by atoms with Crippen molar-refractivity contribution in [2.75, 3.05) is 27.9 Å². The Morgan fingerprint density at radius 1 is 0.760 bits per heavy atom. The van der Waals surface area contributed by atoms with Gasteiger partial charge >= 0.3 is 0 Å². The molecule has 138 valence electrons. The van der Waals surface area contributed by atoms with Gasteiger partial charge in [0.1, 0.15) is 23.0 Å². The summed E-state index contributed by atoms with van der Waals surface area (Å²) in [6, 6.07) is 11.8. The van der Waals surface area contributed by atoms with Crippen LogP contribution in [0.2, 0.25) is 0 Å². The number of methoxy groups -OCH3 is 3. The molecule has 4 heteroatoms. The van der Waals surface area contributed by atoms with Crippen LogP contribution < -0.4 is 18.9 Å². The van der Waals surface area contributed by atoms with Crippen molar-refractivity contribution in [3.63, 3.8) is 0 Å². The maximum absolute atomic E-state index is 5.50. The van der Waals surface area contributed by atoms with Crippen LogP contribution in [0, 0.1) is 13.8 Å². The molecule has 0 unspecified atom stereocenters. The Morgan fingerprint density at radius 2 is 1.32 bits per heavy atom. The minimum Gasteiger partial charge on any atom is -0.496 e. The highest BCUT2D eigenvalue weighted by molar-refractivity contribution is 5.49. The number of benzene rings is 2. The molecule has 0 spiro atoms. The molecule has 2 aromatic rings. The van der Waals surface area contributed by atoms with Crippen molar-refractivity contribution in [3.05, 3.63) is 47.5 Å². The summed E-state index contributed by atoms with van der Waals surface area (Å²) in [6.07, 6.45) is 2.32. The molecular formula is C21H30O4. The van der Waals surface area contributed by atoms with E-state index >= 15 is 0 Å². The van der Waals surface area contributed by atoms with Gasteiger partial charge < -0.3 is 18.9 Å². The van der Waals surface area contributed by atoms with Gasteiger partial charge in [0.05, 0.1) is 27.9 Å². The lowest BCUT2D eigenvalue weighted by Gasteiger charge is -2.11. The number of hydrogen-bond acceptors (Lipinski definition) is 4. The van der Waals surface area contributed by atoms with Gasteiger partial charge in [0.15, 0.2) is 0 Å². The minimum atomic E-state index is 0.735. The van der Waals surface area contributed by atoms with Crippen LogP contribution in [0.5, 0.6) is 23.0 Å². The molecule has 4 nitrogen and oxygen atoms in total. The second-order valence-electron chi connectivity index (χ2n) is 5.67. The van der Waals surface area contributed by atoms with Crippen molar-refractivity contribution in [1.29, 1.82) is 0 Å². The average Bonchev–Trinajstić information content (AvgIpc) is 2.64. The third-order valence-electron chi connectivity index (χ3n) is 3.75. The fraction of sp³-hybridized carbons (Fsp3) is 0.429. The third-order valence-corrected chi connectivity index (χ3v) is 3.75. The number of ether oxygens (including phenoxy) is 4. The highest BCUT2D eigenvalue weighted by atomic mass is 16.5. The van der Waals surface area contributed by atoms with E-state index in [-0.39, 0.29) is 0 Å². The molecule has 0 aliphatic heterocycles. The molecule has 0 bridgehead atoms. The summed E-state index contributed by atoms with van der Waals surface area (Å²) >= 11 is 0. The Balaban J connectivity index is 0.000000251. The fourth-order valence-electron chi connectivity index (χ4n) is 2.15. The highest BCUT2D eigenvalue weighted by Gasteiger charge is 2.07. The molecule has 0 aliphatic carbocycles. The first-order valence-electron chi connectivity index (χ1n) is 8.51. The van der Waals surface area contributed by atoms with Crippen molar-refractivity contribution in [3.8, 4) is 23.0 Å². The zero-order valence-electron chi connectivity index (χ0n) is 16.2. The summed E-state index contributed by atoms with van der Waals surface area (Å²) in [4.78, 5) is 0. The van der Waals surface area contributed by atoms with Crippen LogP contribution in [0.15, 0.2) is 36.4 Å². The fourth-order valence-corrected chi connectivity index (χ4v) is 2.15. The van der Waals surface area contributed by atoms with Crippen LogP contribution in [-0.2, 0) is 0 Å². The van der Waals surface area contributed by atoms with E-state index < -0.39 is 0 Å². The second-order valence-corrected chi connectivity index (χ2v) is 5.67. The molecule has 0 fully saturated rings. The standard InChI is InChI=1S/C11H16O.C10H14O3/c1-3-4-9-12-11-7-5-10(2)6-8-11;1-7-9(12-3)5-8(11-2)6-10(7)13-4/h5-8H,3-4,9H2,1-2H3;5-6H,1-4H3. The quantitative estimate of drug-likeness (QED) is 0.646. The monoisotopic (exact) mass is 346 g/mol. The molecule has 0 saturated carbocycles. The molecule has 0 aliphatic rings. The lowest BCUT2D eigenvalue weighted by molar-refractivity contribution is 0.309. The molecule has 0 atom stereocenters. The first-order valence-corrected chi connectivity index (χ1v) is 8.51. The number of hydrogen-bond donors (Lipinski definition) is 0. The Labute approximate surface area is 151 Å². The Bertz CT molecular complexity index is 595. The molecule has 0 heterocycles. The van der Waals surface area contributed by atoms with Gasteiger partial charge in [-0.3, -0.25) is 0 Å². The van der Waals surface area contributed by atoms with Crippen LogP contribution in [0.1, 0.15) is 30.9 Å². The van der Waals surface area contributed by atoms with Crippen LogP contribution in [0.3, 0.4) is 0 Å². The maximum Gasteiger partial charge on any atom is 0.129 e. The predicted molar refractivity (Wildman–Crippen MR) is 102 cm³/mol. The third kappa shape index (κ3) is 6.96. The lowest BCUT2D eigenvalue weighted by atomic mass is 10.2. The van der Waals surface area contributed by atoms with E-state index in [4.69, 9.17) is 18.9 Å². The SMILES string of the molecule is CCCCOc1ccc(C)cc1.COc1cc(OC)c(C)c(OC)c1. The number of rotatable bonds is 7. The Hall–Kier alpha value is -2.36. The van der Waals surface area contributed by atoms with Gasteiger partial charge in [0, 0.05) is 17.7 Å². The predicted octanol–water partition coefficient (Wildman–Crippen LogP) is 5.19. The van der Waals surface area contributed by atoms with Crippen molar-refractivity contribution < 1.29 is 18.9 Å². The second kappa shape index (κ2) is 11.2. The normalized spacial score (nSPS) is 9.68. The van der Waals surface area contributed by atoms with E-state index in [1.807, 2.05) is 31.2 Å². The summed E-state index contributed by atoms with van der Waals surface area (Å²) in [5.41, 5.74) is 2.25. The number of unbranched alkanes of at least 4 members (excludes halogenated alkanes) is 1. The number of aryl methyl sites for hydroxylation is 1. The van der Waals surface area contributed by atoms with Gasteiger partial charge in [-0.05, 0) is 32.4 Å². The van der Waals surface area contributed by atoms with Crippen molar-refractivity contribution in [1.82, 2.24) is 0 Å². The van der Waals surface area contributed by atoms with Crippen LogP contribution in [-0.4, -0.2) is 27.9 Å². The molecular weight excluding hydrogens is 316 g/mol. The highest BCUT2D eigenvalue weighted by Crippen LogP contribution is 2.32. The molecule has 2 rings (SSSR count). The summed E-state index contributed by atoms with van der Waals surface area (Å²) < 4.78 is 20.9. The van der Waals surface area contributed by atoms with Crippen LogP contribution in [0.4, 0.5) is 0 Å². The van der Waals surface area contributed by atoms with Crippen molar-refractivity contribution in [2.24, 2.45) is 0 Å².